The summed E-state index contributed by atoms with van der Waals surface area (Å²) in [4.78, 5) is 1.68. The second kappa shape index (κ2) is 1.78. The Hall–Kier alpha value is -0.343. The van der Waals surface area contributed by atoms with Gasteiger partial charge in [0.2, 0.25) is 0 Å². The molecule has 1 atom stereocenters. The fourth-order valence-corrected chi connectivity index (χ4v) is 9.41. The Morgan fingerprint density at radius 1 is 1.42 bits per heavy atom. The highest BCUT2D eigenvalue weighted by Crippen LogP contribution is 2.62. The van der Waals surface area contributed by atoms with Crippen molar-refractivity contribution in [3.8, 4) is 0 Å². The van der Waals surface area contributed by atoms with Crippen molar-refractivity contribution in [3.63, 3.8) is 0 Å². The standard InChI is InChI=1S/C10H12SSi/c1-6-9-7-4-5-11-8(7)10(6)12(9,2)3/h4-5,10H,1-3H3. The maximum Gasteiger partial charge on any atom is 0.0941 e. The maximum atomic E-state index is 2.51. The van der Waals surface area contributed by atoms with E-state index in [1.807, 2.05) is 11.3 Å². The lowest BCUT2D eigenvalue weighted by molar-refractivity contribution is 1.09. The third-order valence-corrected chi connectivity index (χ3v) is 8.73. The van der Waals surface area contributed by atoms with Gasteiger partial charge >= 0.3 is 0 Å². The van der Waals surface area contributed by atoms with E-state index in [2.05, 4.69) is 31.5 Å². The molecule has 1 aliphatic carbocycles. The van der Waals surface area contributed by atoms with Crippen LogP contribution in [0.2, 0.25) is 13.1 Å². The molecule has 0 saturated carbocycles. The summed E-state index contributed by atoms with van der Waals surface area (Å²) in [6.07, 6.45) is 0. The van der Waals surface area contributed by atoms with Crippen molar-refractivity contribution in [1.82, 2.24) is 0 Å². The van der Waals surface area contributed by atoms with E-state index in [4.69, 9.17) is 0 Å². The van der Waals surface area contributed by atoms with Crippen molar-refractivity contribution >= 4 is 24.6 Å². The molecule has 0 saturated heterocycles. The first-order valence-electron chi connectivity index (χ1n) is 4.43. The van der Waals surface area contributed by atoms with Crippen LogP contribution >= 0.6 is 11.3 Å². The number of allylic oxidation sites excluding steroid dienone is 1. The summed E-state index contributed by atoms with van der Waals surface area (Å²) in [5, 5.41) is 4.01. The van der Waals surface area contributed by atoms with Crippen molar-refractivity contribution in [1.29, 1.82) is 0 Å². The predicted molar refractivity (Wildman–Crippen MR) is 57.1 cm³/mol. The zero-order valence-electron chi connectivity index (χ0n) is 7.64. The van der Waals surface area contributed by atoms with Gasteiger partial charge in [-0.25, -0.2) is 0 Å². The SMILES string of the molecule is CC1=C2c3ccsc3C1[Si]2(C)C. The number of rotatable bonds is 0. The minimum Gasteiger partial charge on any atom is -0.148 e. The molecule has 4 rings (SSSR count). The van der Waals surface area contributed by atoms with E-state index in [0.717, 1.165) is 5.54 Å². The molecule has 2 aliphatic heterocycles. The van der Waals surface area contributed by atoms with E-state index in [1.54, 1.807) is 21.2 Å². The zero-order valence-corrected chi connectivity index (χ0v) is 9.46. The average molecular weight is 192 g/mol. The highest BCUT2D eigenvalue weighted by atomic mass is 32.1. The van der Waals surface area contributed by atoms with Crippen molar-refractivity contribution in [2.45, 2.75) is 25.6 Å². The fraction of sp³-hybridized carbons (Fsp3) is 0.400. The summed E-state index contributed by atoms with van der Waals surface area (Å²) in [5.41, 5.74) is 4.19. The van der Waals surface area contributed by atoms with Crippen LogP contribution in [0.15, 0.2) is 17.0 Å². The minimum atomic E-state index is -0.972. The molecule has 0 aromatic carbocycles. The number of hydrogen-bond donors (Lipinski definition) is 0. The molecule has 0 fully saturated rings. The molecule has 0 radical (unpaired) electrons. The van der Waals surface area contributed by atoms with E-state index in [-0.39, 0.29) is 0 Å². The lowest BCUT2D eigenvalue weighted by Gasteiger charge is -2.38. The molecule has 2 heteroatoms. The molecule has 0 N–H and O–H groups in total. The van der Waals surface area contributed by atoms with Crippen LogP contribution in [0.1, 0.15) is 22.9 Å². The first kappa shape index (κ1) is 7.10. The second-order valence-corrected chi connectivity index (χ2v) is 9.88. The van der Waals surface area contributed by atoms with Crippen molar-refractivity contribution in [2.24, 2.45) is 0 Å². The van der Waals surface area contributed by atoms with Crippen LogP contribution in [0, 0.1) is 0 Å². The zero-order chi connectivity index (χ0) is 8.51. The van der Waals surface area contributed by atoms with Crippen molar-refractivity contribution in [3.05, 3.63) is 27.5 Å². The van der Waals surface area contributed by atoms with Crippen LogP contribution in [-0.2, 0) is 0 Å². The van der Waals surface area contributed by atoms with Gasteiger partial charge in [0.05, 0.1) is 8.07 Å². The lowest BCUT2D eigenvalue weighted by Crippen LogP contribution is -2.41. The molecule has 12 heavy (non-hydrogen) atoms. The van der Waals surface area contributed by atoms with Gasteiger partial charge in [-0.1, -0.05) is 23.9 Å². The highest BCUT2D eigenvalue weighted by Gasteiger charge is 2.55. The molecule has 1 aromatic rings. The molecule has 0 spiro atoms. The number of hydrogen-bond acceptors (Lipinski definition) is 1. The third-order valence-electron chi connectivity index (χ3n) is 3.42. The lowest BCUT2D eigenvalue weighted by atomic mass is 10.2. The van der Waals surface area contributed by atoms with Crippen LogP contribution < -0.4 is 0 Å². The van der Waals surface area contributed by atoms with Crippen LogP contribution in [0.25, 0.3) is 5.20 Å². The van der Waals surface area contributed by atoms with E-state index in [1.165, 1.54) is 0 Å². The van der Waals surface area contributed by atoms with E-state index >= 15 is 0 Å². The summed E-state index contributed by atoms with van der Waals surface area (Å²) < 4.78 is 0. The Balaban J connectivity index is 2.31. The Kier molecular flexibility index (Phi) is 1.05. The molecule has 0 nitrogen and oxygen atoms in total. The van der Waals surface area contributed by atoms with Crippen LogP contribution in [-0.4, -0.2) is 8.07 Å². The summed E-state index contributed by atoms with van der Waals surface area (Å²) in [6.45, 7) is 7.34. The molecule has 1 unspecified atom stereocenters. The van der Waals surface area contributed by atoms with Gasteiger partial charge in [0.25, 0.3) is 0 Å². The summed E-state index contributed by atoms with van der Waals surface area (Å²) in [5.74, 6) is 0. The fourth-order valence-electron chi connectivity index (χ4n) is 3.10. The van der Waals surface area contributed by atoms with Crippen molar-refractivity contribution < 1.29 is 0 Å². The van der Waals surface area contributed by atoms with Gasteiger partial charge in [-0.3, -0.25) is 0 Å². The minimum absolute atomic E-state index is 0.891. The summed E-state index contributed by atoms with van der Waals surface area (Å²) in [7, 11) is -0.972. The molecule has 62 valence electrons. The summed E-state index contributed by atoms with van der Waals surface area (Å²) >= 11 is 1.96. The maximum absolute atomic E-state index is 2.51. The Bertz CT molecular complexity index is 398. The van der Waals surface area contributed by atoms with Gasteiger partial charge in [0.15, 0.2) is 0 Å². The average Bonchev–Trinajstić information content (AvgIpc) is 2.48. The first-order valence-corrected chi connectivity index (χ1v) is 8.38. The predicted octanol–water partition coefficient (Wildman–Crippen LogP) is 3.42. The van der Waals surface area contributed by atoms with Gasteiger partial charge < -0.3 is 0 Å². The van der Waals surface area contributed by atoms with Gasteiger partial charge in [0, 0.05) is 10.4 Å². The Labute approximate surface area is 77.9 Å². The largest absolute Gasteiger partial charge is 0.148 e. The highest BCUT2D eigenvalue weighted by molar-refractivity contribution is 7.14. The molecule has 2 bridgehead atoms. The summed E-state index contributed by atoms with van der Waals surface area (Å²) in [6, 6.07) is 2.32. The van der Waals surface area contributed by atoms with Crippen LogP contribution in [0.4, 0.5) is 0 Å². The topological polar surface area (TPSA) is 0 Å². The van der Waals surface area contributed by atoms with E-state index < -0.39 is 8.07 Å². The Morgan fingerprint density at radius 2 is 2.17 bits per heavy atom. The van der Waals surface area contributed by atoms with E-state index in [9.17, 15) is 0 Å². The Morgan fingerprint density at radius 3 is 2.75 bits per heavy atom. The first-order chi connectivity index (χ1) is 5.64. The van der Waals surface area contributed by atoms with Crippen molar-refractivity contribution in [2.75, 3.05) is 0 Å². The molecule has 0 amide bonds. The van der Waals surface area contributed by atoms with E-state index in [0.29, 0.717) is 0 Å². The van der Waals surface area contributed by atoms with Crippen LogP contribution in [0.3, 0.4) is 0 Å². The molecule has 3 heterocycles. The smallest absolute Gasteiger partial charge is 0.0941 e. The quantitative estimate of drug-likeness (QED) is 0.553. The normalized spacial score (nSPS) is 28.8. The second-order valence-electron chi connectivity index (χ2n) is 4.41. The van der Waals surface area contributed by atoms with Gasteiger partial charge in [-0.15, -0.1) is 11.3 Å². The molecule has 1 aromatic heterocycles. The van der Waals surface area contributed by atoms with Gasteiger partial charge in [-0.2, -0.15) is 0 Å². The number of thiophene rings is 1. The monoisotopic (exact) mass is 192 g/mol. The third kappa shape index (κ3) is 0.510. The molecular weight excluding hydrogens is 180 g/mol. The molecular formula is C10H12SSi. The van der Waals surface area contributed by atoms with Crippen LogP contribution in [0.5, 0.6) is 0 Å². The van der Waals surface area contributed by atoms with Gasteiger partial charge in [0.1, 0.15) is 0 Å². The van der Waals surface area contributed by atoms with Gasteiger partial charge in [-0.05, 0) is 23.9 Å². The molecule has 3 aliphatic rings.